The Labute approximate surface area is 170 Å². The smallest absolute Gasteiger partial charge is 0.287 e. The normalized spacial score (nSPS) is 15.4. The Morgan fingerprint density at radius 2 is 1.93 bits per heavy atom. The highest BCUT2D eigenvalue weighted by atomic mass is 32.2. The quantitative estimate of drug-likeness (QED) is 0.491. The van der Waals surface area contributed by atoms with E-state index < -0.39 is 10.0 Å². The SMILES string of the molecule is CN(C)Cc1ccc(CSCCNNC2=NS(=O)(=O)c3ccccc3N2C)o1. The lowest BCUT2D eigenvalue weighted by molar-refractivity contribution is 0.344. The lowest BCUT2D eigenvalue weighted by Crippen LogP contribution is -2.49. The van der Waals surface area contributed by atoms with Crippen molar-refractivity contribution in [1.29, 1.82) is 0 Å². The van der Waals surface area contributed by atoms with Crippen molar-refractivity contribution in [3.8, 4) is 0 Å². The fraction of sp³-hybridized carbons (Fsp3) is 0.389. The van der Waals surface area contributed by atoms with Crippen molar-refractivity contribution in [3.05, 3.63) is 47.9 Å². The summed E-state index contributed by atoms with van der Waals surface area (Å²) in [6.45, 7) is 1.43. The molecule has 2 aromatic rings. The molecule has 0 spiro atoms. The van der Waals surface area contributed by atoms with Gasteiger partial charge in [-0.2, -0.15) is 20.2 Å². The van der Waals surface area contributed by atoms with Crippen LogP contribution in [0.4, 0.5) is 5.69 Å². The second-order valence-corrected chi connectivity index (χ2v) is 9.30. The molecular weight excluding hydrogens is 398 g/mol. The number of hydrazine groups is 1. The monoisotopic (exact) mass is 423 g/mol. The third-order valence-electron chi connectivity index (χ3n) is 4.03. The van der Waals surface area contributed by atoms with Crippen LogP contribution in [-0.2, 0) is 22.3 Å². The summed E-state index contributed by atoms with van der Waals surface area (Å²) in [5.41, 5.74) is 6.52. The Morgan fingerprint density at radius 1 is 1.18 bits per heavy atom. The van der Waals surface area contributed by atoms with Crippen LogP contribution in [-0.4, -0.2) is 52.7 Å². The van der Waals surface area contributed by atoms with Crippen molar-refractivity contribution >= 4 is 33.4 Å². The first kappa shape index (κ1) is 20.7. The van der Waals surface area contributed by atoms with Gasteiger partial charge in [0.1, 0.15) is 16.4 Å². The number of anilines is 1. The number of thioether (sulfide) groups is 1. The van der Waals surface area contributed by atoms with Gasteiger partial charge in [-0.25, -0.2) is 5.43 Å². The molecular formula is C18H25N5O3S2. The number of benzene rings is 1. The molecule has 0 fully saturated rings. The van der Waals surface area contributed by atoms with Gasteiger partial charge in [-0.15, -0.1) is 4.40 Å². The molecule has 0 unspecified atom stereocenters. The summed E-state index contributed by atoms with van der Waals surface area (Å²) in [4.78, 5) is 3.99. The Bertz CT molecular complexity index is 940. The summed E-state index contributed by atoms with van der Waals surface area (Å²) in [6, 6.07) is 10.8. The van der Waals surface area contributed by atoms with Crippen molar-refractivity contribution in [2.75, 3.05) is 38.3 Å². The van der Waals surface area contributed by atoms with Gasteiger partial charge >= 0.3 is 0 Å². The average Bonchev–Trinajstić information content (AvgIpc) is 3.08. The van der Waals surface area contributed by atoms with Crippen LogP contribution in [0.25, 0.3) is 0 Å². The minimum Gasteiger partial charge on any atom is -0.464 e. The zero-order valence-corrected chi connectivity index (χ0v) is 17.8. The molecule has 0 saturated heterocycles. The van der Waals surface area contributed by atoms with Gasteiger partial charge in [-0.05, 0) is 38.4 Å². The summed E-state index contributed by atoms with van der Waals surface area (Å²) < 4.78 is 34.2. The Morgan fingerprint density at radius 3 is 2.71 bits per heavy atom. The molecule has 1 aliphatic rings. The van der Waals surface area contributed by atoms with Crippen molar-refractivity contribution in [1.82, 2.24) is 15.8 Å². The van der Waals surface area contributed by atoms with E-state index in [1.54, 1.807) is 48.0 Å². The molecule has 2 heterocycles. The fourth-order valence-corrected chi connectivity index (χ4v) is 4.69. The lowest BCUT2D eigenvalue weighted by Gasteiger charge is -2.27. The van der Waals surface area contributed by atoms with Crippen LogP contribution in [0.2, 0.25) is 0 Å². The molecule has 2 N–H and O–H groups in total. The molecule has 1 aromatic heterocycles. The van der Waals surface area contributed by atoms with Crippen LogP contribution >= 0.6 is 11.8 Å². The van der Waals surface area contributed by atoms with E-state index in [0.717, 1.165) is 29.6 Å². The van der Waals surface area contributed by atoms with Gasteiger partial charge in [0.05, 0.1) is 18.0 Å². The number of rotatable bonds is 8. The van der Waals surface area contributed by atoms with E-state index in [9.17, 15) is 8.42 Å². The van der Waals surface area contributed by atoms with E-state index in [0.29, 0.717) is 12.2 Å². The predicted molar refractivity (Wildman–Crippen MR) is 113 cm³/mol. The first-order chi connectivity index (χ1) is 13.4. The van der Waals surface area contributed by atoms with Crippen molar-refractivity contribution < 1.29 is 12.8 Å². The maximum absolute atomic E-state index is 12.3. The lowest BCUT2D eigenvalue weighted by atomic mass is 10.3. The maximum atomic E-state index is 12.3. The molecule has 1 aromatic carbocycles. The molecule has 0 saturated carbocycles. The summed E-state index contributed by atoms with van der Waals surface area (Å²) in [6.07, 6.45) is 0. The number of furan rings is 1. The molecule has 28 heavy (non-hydrogen) atoms. The van der Waals surface area contributed by atoms with Crippen LogP contribution in [0.3, 0.4) is 0 Å². The molecule has 3 rings (SSSR count). The largest absolute Gasteiger partial charge is 0.464 e. The summed E-state index contributed by atoms with van der Waals surface area (Å²) in [7, 11) is 2.10. The summed E-state index contributed by atoms with van der Waals surface area (Å²) in [5.74, 6) is 3.78. The first-order valence-electron chi connectivity index (χ1n) is 8.83. The van der Waals surface area contributed by atoms with Crippen LogP contribution in [0.5, 0.6) is 0 Å². The van der Waals surface area contributed by atoms with Gasteiger partial charge in [0.25, 0.3) is 10.0 Å². The van der Waals surface area contributed by atoms with Crippen molar-refractivity contribution in [2.24, 2.45) is 4.40 Å². The second kappa shape index (κ2) is 8.99. The highest BCUT2D eigenvalue weighted by Crippen LogP contribution is 2.29. The molecule has 152 valence electrons. The highest BCUT2D eigenvalue weighted by molar-refractivity contribution is 7.98. The van der Waals surface area contributed by atoms with E-state index in [4.69, 9.17) is 4.42 Å². The van der Waals surface area contributed by atoms with Crippen LogP contribution < -0.4 is 15.8 Å². The number of guanidine groups is 1. The molecule has 10 heteroatoms. The number of nitrogens with one attached hydrogen (secondary N) is 2. The van der Waals surface area contributed by atoms with Crippen LogP contribution in [0, 0.1) is 0 Å². The minimum absolute atomic E-state index is 0.214. The third kappa shape index (κ3) is 5.07. The average molecular weight is 424 g/mol. The van der Waals surface area contributed by atoms with E-state index in [1.807, 2.05) is 26.2 Å². The first-order valence-corrected chi connectivity index (χ1v) is 11.4. The Kier molecular flexibility index (Phi) is 6.65. The number of hydrogen-bond acceptors (Lipinski definition) is 8. The van der Waals surface area contributed by atoms with Crippen LogP contribution in [0.1, 0.15) is 11.5 Å². The summed E-state index contributed by atoms with van der Waals surface area (Å²) >= 11 is 1.73. The zero-order valence-electron chi connectivity index (χ0n) is 16.2. The molecule has 8 nitrogen and oxygen atoms in total. The Hall–Kier alpha value is -2.01. The van der Waals surface area contributed by atoms with E-state index in [1.165, 1.54) is 0 Å². The molecule has 0 amide bonds. The van der Waals surface area contributed by atoms with Gasteiger partial charge in [0.15, 0.2) is 0 Å². The molecule has 0 atom stereocenters. The standard InChI is InChI=1S/C18H25N5O3S2/c1-22(2)12-14-8-9-15(26-14)13-27-11-10-19-20-18-21-28(24,25)17-7-5-4-6-16(17)23(18)3/h4-9,19H,10-13H2,1-3H3,(H,20,21). The number of fused-ring (bicyclic) bond motifs is 1. The minimum atomic E-state index is -3.69. The molecule has 0 aliphatic carbocycles. The van der Waals surface area contributed by atoms with E-state index in [2.05, 4.69) is 20.1 Å². The fourth-order valence-electron chi connectivity index (χ4n) is 2.73. The number of sulfonamides is 1. The summed E-state index contributed by atoms with van der Waals surface area (Å²) in [5, 5.41) is 0. The molecule has 0 bridgehead atoms. The number of para-hydroxylation sites is 1. The van der Waals surface area contributed by atoms with E-state index in [-0.39, 0.29) is 10.9 Å². The van der Waals surface area contributed by atoms with Gasteiger partial charge in [0, 0.05) is 19.3 Å². The van der Waals surface area contributed by atoms with Crippen molar-refractivity contribution in [3.63, 3.8) is 0 Å². The predicted octanol–water partition coefficient (Wildman–Crippen LogP) is 1.86. The van der Waals surface area contributed by atoms with Gasteiger partial charge in [-0.1, -0.05) is 12.1 Å². The maximum Gasteiger partial charge on any atom is 0.287 e. The Balaban J connectivity index is 1.43. The van der Waals surface area contributed by atoms with Crippen molar-refractivity contribution in [2.45, 2.75) is 17.2 Å². The molecule has 1 aliphatic heterocycles. The van der Waals surface area contributed by atoms with Gasteiger partial charge in [-0.3, -0.25) is 5.43 Å². The second-order valence-electron chi connectivity index (χ2n) is 6.63. The van der Waals surface area contributed by atoms with Gasteiger partial charge in [0.2, 0.25) is 5.96 Å². The van der Waals surface area contributed by atoms with E-state index >= 15 is 0 Å². The highest BCUT2D eigenvalue weighted by Gasteiger charge is 2.28. The van der Waals surface area contributed by atoms with Gasteiger partial charge < -0.3 is 14.2 Å². The zero-order chi connectivity index (χ0) is 20.1. The molecule has 0 radical (unpaired) electrons. The number of nitrogens with zero attached hydrogens (tertiary/aromatic N) is 3. The third-order valence-corrected chi connectivity index (χ3v) is 6.33. The van der Waals surface area contributed by atoms with Crippen LogP contribution in [0.15, 0.2) is 50.1 Å². The topological polar surface area (TPSA) is 90.2 Å². The number of hydrogen-bond donors (Lipinski definition) is 2.